The molecule has 2 aromatic rings. The fraction of sp³-hybridized carbons (Fsp3) is 0.375. The van der Waals surface area contributed by atoms with Crippen LogP contribution in [0.3, 0.4) is 0 Å². The molecule has 0 aromatic carbocycles. The number of halogens is 1. The molecule has 0 fully saturated rings. The first-order valence-corrected chi connectivity index (χ1v) is 8.40. The van der Waals surface area contributed by atoms with E-state index in [0.717, 1.165) is 25.0 Å². The van der Waals surface area contributed by atoms with E-state index >= 15 is 0 Å². The summed E-state index contributed by atoms with van der Waals surface area (Å²) in [7, 11) is 0. The van der Waals surface area contributed by atoms with Gasteiger partial charge in [-0.2, -0.15) is 0 Å². The van der Waals surface area contributed by atoms with Gasteiger partial charge >= 0.3 is 0 Å². The Hall–Kier alpha value is -1.39. The SMILES string of the molecule is CCCC(NC(=O)c1cc(Cl)nc(CC)c1)c1cccs1. The summed E-state index contributed by atoms with van der Waals surface area (Å²) in [5, 5.41) is 5.49. The molecule has 0 aliphatic carbocycles. The summed E-state index contributed by atoms with van der Waals surface area (Å²) in [5.74, 6) is -0.0964. The monoisotopic (exact) mass is 322 g/mol. The Morgan fingerprint density at radius 2 is 2.24 bits per heavy atom. The van der Waals surface area contributed by atoms with Crippen LogP contribution in [0.1, 0.15) is 53.7 Å². The normalized spacial score (nSPS) is 12.1. The summed E-state index contributed by atoms with van der Waals surface area (Å²) < 4.78 is 0. The number of amides is 1. The summed E-state index contributed by atoms with van der Waals surface area (Å²) in [6.07, 6.45) is 2.69. The predicted molar refractivity (Wildman–Crippen MR) is 88.1 cm³/mol. The fourth-order valence-corrected chi connectivity index (χ4v) is 3.21. The number of carbonyl (C=O) groups is 1. The molecule has 2 heterocycles. The van der Waals surface area contributed by atoms with E-state index in [1.54, 1.807) is 23.5 Å². The predicted octanol–water partition coefficient (Wildman–Crippen LogP) is 4.63. The molecule has 0 saturated heterocycles. The van der Waals surface area contributed by atoms with Gasteiger partial charge in [-0.3, -0.25) is 4.79 Å². The zero-order valence-electron chi connectivity index (χ0n) is 12.2. The summed E-state index contributed by atoms with van der Waals surface area (Å²) in [5.41, 5.74) is 1.40. The highest BCUT2D eigenvalue weighted by Crippen LogP contribution is 2.24. The number of nitrogens with one attached hydrogen (secondary N) is 1. The van der Waals surface area contributed by atoms with Crippen molar-refractivity contribution >= 4 is 28.8 Å². The van der Waals surface area contributed by atoms with E-state index in [4.69, 9.17) is 11.6 Å². The van der Waals surface area contributed by atoms with Crippen LogP contribution >= 0.6 is 22.9 Å². The molecule has 0 aliphatic rings. The van der Waals surface area contributed by atoms with Crippen LogP contribution in [0.25, 0.3) is 0 Å². The van der Waals surface area contributed by atoms with Gasteiger partial charge in [0.05, 0.1) is 6.04 Å². The molecule has 2 rings (SSSR count). The maximum atomic E-state index is 12.5. The standard InChI is InChI=1S/C16H19ClN2OS/c1-3-6-13(14-7-5-8-21-14)19-16(20)11-9-12(4-2)18-15(17)10-11/h5,7-10,13H,3-4,6H2,1-2H3,(H,19,20). The minimum Gasteiger partial charge on any atom is -0.344 e. The smallest absolute Gasteiger partial charge is 0.251 e. The van der Waals surface area contributed by atoms with Crippen LogP contribution in [0, 0.1) is 0 Å². The third-order valence-electron chi connectivity index (χ3n) is 3.24. The summed E-state index contributed by atoms with van der Waals surface area (Å²) in [4.78, 5) is 17.8. The number of aryl methyl sites for hydroxylation is 1. The van der Waals surface area contributed by atoms with E-state index in [-0.39, 0.29) is 11.9 Å². The molecule has 0 saturated carbocycles. The van der Waals surface area contributed by atoms with Crippen LogP contribution in [0.2, 0.25) is 5.15 Å². The summed E-state index contributed by atoms with van der Waals surface area (Å²) >= 11 is 7.65. The second-order valence-electron chi connectivity index (χ2n) is 4.85. The largest absolute Gasteiger partial charge is 0.344 e. The Balaban J connectivity index is 2.17. The average Bonchev–Trinajstić information content (AvgIpc) is 3.00. The number of aromatic nitrogens is 1. The van der Waals surface area contributed by atoms with Crippen LogP contribution in [0.15, 0.2) is 29.6 Å². The first-order chi connectivity index (χ1) is 10.1. The van der Waals surface area contributed by atoms with Gasteiger partial charge in [0.15, 0.2) is 0 Å². The lowest BCUT2D eigenvalue weighted by Crippen LogP contribution is -2.28. The molecule has 1 N–H and O–H groups in total. The van der Waals surface area contributed by atoms with Crippen molar-refractivity contribution in [2.24, 2.45) is 0 Å². The van der Waals surface area contributed by atoms with E-state index in [0.29, 0.717) is 10.7 Å². The second kappa shape index (κ2) is 7.57. The fourth-order valence-electron chi connectivity index (χ4n) is 2.17. The van der Waals surface area contributed by atoms with Crippen molar-refractivity contribution < 1.29 is 4.79 Å². The first-order valence-electron chi connectivity index (χ1n) is 7.14. The van der Waals surface area contributed by atoms with Crippen molar-refractivity contribution in [3.05, 3.63) is 50.9 Å². The van der Waals surface area contributed by atoms with Gasteiger partial charge in [0, 0.05) is 16.1 Å². The molecule has 112 valence electrons. The second-order valence-corrected chi connectivity index (χ2v) is 6.22. The number of nitrogens with zero attached hydrogens (tertiary/aromatic N) is 1. The molecule has 1 amide bonds. The van der Waals surface area contributed by atoms with E-state index in [9.17, 15) is 4.79 Å². The van der Waals surface area contributed by atoms with E-state index in [2.05, 4.69) is 23.3 Å². The maximum Gasteiger partial charge on any atom is 0.251 e. The van der Waals surface area contributed by atoms with Crippen LogP contribution in [-0.4, -0.2) is 10.9 Å². The molecule has 0 radical (unpaired) electrons. The van der Waals surface area contributed by atoms with Crippen molar-refractivity contribution in [1.29, 1.82) is 0 Å². The van der Waals surface area contributed by atoms with Gasteiger partial charge in [0.2, 0.25) is 0 Å². The van der Waals surface area contributed by atoms with Crippen molar-refractivity contribution in [3.8, 4) is 0 Å². The minimum absolute atomic E-state index is 0.0551. The van der Waals surface area contributed by atoms with Gasteiger partial charge in [-0.25, -0.2) is 4.98 Å². The minimum atomic E-state index is -0.0964. The third kappa shape index (κ3) is 4.29. The van der Waals surface area contributed by atoms with Crippen LogP contribution in [0.5, 0.6) is 0 Å². The number of hydrogen-bond donors (Lipinski definition) is 1. The van der Waals surface area contributed by atoms with E-state index < -0.39 is 0 Å². The molecule has 0 spiro atoms. The quantitative estimate of drug-likeness (QED) is 0.788. The van der Waals surface area contributed by atoms with Gasteiger partial charge in [-0.1, -0.05) is 37.9 Å². The lowest BCUT2D eigenvalue weighted by Gasteiger charge is -2.17. The molecule has 1 unspecified atom stereocenters. The van der Waals surface area contributed by atoms with Crippen molar-refractivity contribution in [2.75, 3.05) is 0 Å². The van der Waals surface area contributed by atoms with Crippen LogP contribution in [0.4, 0.5) is 0 Å². The highest BCUT2D eigenvalue weighted by Gasteiger charge is 2.16. The molecule has 0 aliphatic heterocycles. The topological polar surface area (TPSA) is 42.0 Å². The Labute approximate surface area is 134 Å². The Morgan fingerprint density at radius 1 is 1.43 bits per heavy atom. The highest BCUT2D eigenvalue weighted by atomic mass is 35.5. The average molecular weight is 323 g/mol. The Morgan fingerprint density at radius 3 is 2.86 bits per heavy atom. The van der Waals surface area contributed by atoms with Gasteiger partial charge in [-0.15, -0.1) is 11.3 Å². The summed E-state index contributed by atoms with van der Waals surface area (Å²) in [6.45, 7) is 4.11. The van der Waals surface area contributed by atoms with Gasteiger partial charge < -0.3 is 5.32 Å². The van der Waals surface area contributed by atoms with Crippen molar-refractivity contribution in [1.82, 2.24) is 10.3 Å². The number of hydrogen-bond acceptors (Lipinski definition) is 3. The van der Waals surface area contributed by atoms with Crippen LogP contribution < -0.4 is 5.32 Å². The van der Waals surface area contributed by atoms with E-state index in [1.807, 2.05) is 18.4 Å². The number of pyridine rings is 1. The molecular formula is C16H19ClN2OS. The number of thiophene rings is 1. The lowest BCUT2D eigenvalue weighted by atomic mass is 10.1. The van der Waals surface area contributed by atoms with Gasteiger partial charge in [0.25, 0.3) is 5.91 Å². The van der Waals surface area contributed by atoms with E-state index in [1.165, 1.54) is 4.88 Å². The molecule has 2 aromatic heterocycles. The lowest BCUT2D eigenvalue weighted by molar-refractivity contribution is 0.0935. The molecule has 1 atom stereocenters. The first kappa shape index (κ1) is 16.0. The molecule has 21 heavy (non-hydrogen) atoms. The Kier molecular flexibility index (Phi) is 5.76. The molecule has 0 bridgehead atoms. The van der Waals surface area contributed by atoms with Crippen molar-refractivity contribution in [3.63, 3.8) is 0 Å². The molecular weight excluding hydrogens is 304 g/mol. The zero-order chi connectivity index (χ0) is 15.2. The number of rotatable bonds is 6. The van der Waals surface area contributed by atoms with Gasteiger partial charge in [0.1, 0.15) is 5.15 Å². The molecule has 5 heteroatoms. The number of carbonyl (C=O) groups excluding carboxylic acids is 1. The summed E-state index contributed by atoms with van der Waals surface area (Å²) in [6, 6.07) is 7.54. The van der Waals surface area contributed by atoms with Gasteiger partial charge in [-0.05, 0) is 36.4 Å². The molecule has 3 nitrogen and oxygen atoms in total. The zero-order valence-corrected chi connectivity index (χ0v) is 13.8. The third-order valence-corrected chi connectivity index (χ3v) is 4.42. The highest BCUT2D eigenvalue weighted by molar-refractivity contribution is 7.10. The van der Waals surface area contributed by atoms with Crippen LogP contribution in [-0.2, 0) is 6.42 Å². The van der Waals surface area contributed by atoms with Crippen molar-refractivity contribution in [2.45, 2.75) is 39.2 Å². The maximum absolute atomic E-state index is 12.5. The Bertz CT molecular complexity index is 598.